The minimum absolute atomic E-state index is 0.0802. The Labute approximate surface area is 135 Å². The number of ether oxygens (including phenoxy) is 1. The molecule has 0 unspecified atom stereocenters. The number of anilines is 1. The highest BCUT2D eigenvalue weighted by molar-refractivity contribution is 6.09. The molecule has 0 atom stereocenters. The van der Waals surface area contributed by atoms with Gasteiger partial charge in [-0.2, -0.15) is 5.26 Å². The fourth-order valence-electron chi connectivity index (χ4n) is 1.68. The Kier molecular flexibility index (Phi) is 7.30. The van der Waals surface area contributed by atoms with E-state index >= 15 is 0 Å². The van der Waals surface area contributed by atoms with E-state index in [2.05, 4.69) is 15.4 Å². The molecule has 122 valence electrons. The number of likely N-dealkylation sites (N-methyl/N-ethyl adjacent to an activating group) is 1. The maximum atomic E-state index is 12.1. The Morgan fingerprint density at radius 2 is 2.04 bits per heavy atom. The summed E-state index contributed by atoms with van der Waals surface area (Å²) in [6.45, 7) is 1.37. The van der Waals surface area contributed by atoms with Crippen molar-refractivity contribution < 1.29 is 14.3 Å². The van der Waals surface area contributed by atoms with Gasteiger partial charge in [0.2, 0.25) is 0 Å². The van der Waals surface area contributed by atoms with E-state index in [1.54, 1.807) is 18.2 Å². The lowest BCUT2D eigenvalue weighted by molar-refractivity contribution is -0.112. The number of methoxy groups -OCH3 is 1. The Hall–Kier alpha value is -2.85. The van der Waals surface area contributed by atoms with Gasteiger partial charge in [-0.25, -0.2) is 4.79 Å². The zero-order valence-electron chi connectivity index (χ0n) is 13.4. The fourth-order valence-corrected chi connectivity index (χ4v) is 1.68. The van der Waals surface area contributed by atoms with Crippen LogP contribution in [0.4, 0.5) is 5.69 Å². The summed E-state index contributed by atoms with van der Waals surface area (Å²) >= 11 is 0. The number of para-hydroxylation sites is 1. The van der Waals surface area contributed by atoms with Crippen LogP contribution in [0.25, 0.3) is 0 Å². The monoisotopic (exact) mass is 316 g/mol. The lowest BCUT2D eigenvalue weighted by atomic mass is 10.1. The van der Waals surface area contributed by atoms with Gasteiger partial charge in [0.25, 0.3) is 5.91 Å². The van der Waals surface area contributed by atoms with Crippen LogP contribution < -0.4 is 10.6 Å². The quantitative estimate of drug-likeness (QED) is 0.337. The molecule has 0 bridgehead atoms. The SMILES string of the molecule is COC(=O)c1ccccc1NC(=O)/C(C#N)=C\NCCN(C)C. The van der Waals surface area contributed by atoms with Gasteiger partial charge < -0.3 is 20.3 Å². The predicted octanol–water partition coefficient (Wildman–Crippen LogP) is 0.970. The molecule has 0 spiro atoms. The number of carbonyl (C=O) groups excluding carboxylic acids is 2. The van der Waals surface area contributed by atoms with E-state index in [4.69, 9.17) is 5.26 Å². The van der Waals surface area contributed by atoms with Crippen LogP contribution in [0, 0.1) is 11.3 Å². The van der Waals surface area contributed by atoms with Crippen molar-refractivity contribution in [1.29, 1.82) is 5.26 Å². The number of nitrogens with one attached hydrogen (secondary N) is 2. The van der Waals surface area contributed by atoms with Crippen molar-refractivity contribution in [2.75, 3.05) is 39.6 Å². The van der Waals surface area contributed by atoms with E-state index in [9.17, 15) is 9.59 Å². The van der Waals surface area contributed by atoms with E-state index in [0.717, 1.165) is 6.54 Å². The predicted molar refractivity (Wildman–Crippen MR) is 86.7 cm³/mol. The van der Waals surface area contributed by atoms with Crippen molar-refractivity contribution in [3.05, 3.63) is 41.6 Å². The maximum Gasteiger partial charge on any atom is 0.339 e. The van der Waals surface area contributed by atoms with Gasteiger partial charge >= 0.3 is 5.97 Å². The number of benzene rings is 1. The van der Waals surface area contributed by atoms with Crippen LogP contribution in [-0.2, 0) is 9.53 Å². The largest absolute Gasteiger partial charge is 0.465 e. The smallest absolute Gasteiger partial charge is 0.339 e. The third kappa shape index (κ3) is 5.80. The average Bonchev–Trinajstić information content (AvgIpc) is 2.54. The zero-order valence-corrected chi connectivity index (χ0v) is 13.4. The number of rotatable bonds is 7. The van der Waals surface area contributed by atoms with Gasteiger partial charge in [-0.15, -0.1) is 0 Å². The summed E-state index contributed by atoms with van der Waals surface area (Å²) in [6.07, 6.45) is 1.36. The van der Waals surface area contributed by atoms with Gasteiger partial charge in [-0.05, 0) is 26.2 Å². The number of amides is 1. The molecule has 0 saturated heterocycles. The van der Waals surface area contributed by atoms with Crippen LogP contribution in [0.15, 0.2) is 36.0 Å². The van der Waals surface area contributed by atoms with E-state index in [1.165, 1.54) is 19.4 Å². The molecule has 0 radical (unpaired) electrons. The van der Waals surface area contributed by atoms with Crippen LogP contribution >= 0.6 is 0 Å². The second-order valence-corrected chi connectivity index (χ2v) is 4.92. The average molecular weight is 316 g/mol. The molecule has 2 N–H and O–H groups in total. The number of hydrogen-bond donors (Lipinski definition) is 2. The molecular weight excluding hydrogens is 296 g/mol. The number of carbonyl (C=O) groups is 2. The Bertz CT molecular complexity index is 632. The second-order valence-electron chi connectivity index (χ2n) is 4.92. The third-order valence-electron chi connectivity index (χ3n) is 2.90. The number of nitrogens with zero attached hydrogens (tertiary/aromatic N) is 2. The summed E-state index contributed by atoms with van der Waals surface area (Å²) in [6, 6.07) is 8.26. The van der Waals surface area contributed by atoms with E-state index in [1.807, 2.05) is 25.1 Å². The minimum atomic E-state index is -0.596. The van der Waals surface area contributed by atoms with E-state index in [0.29, 0.717) is 12.2 Å². The van der Waals surface area contributed by atoms with Crippen LogP contribution in [0.1, 0.15) is 10.4 Å². The van der Waals surface area contributed by atoms with Crippen LogP contribution in [0.2, 0.25) is 0 Å². The molecule has 0 saturated carbocycles. The van der Waals surface area contributed by atoms with Crippen LogP contribution in [-0.4, -0.2) is 51.1 Å². The molecule has 1 amide bonds. The van der Waals surface area contributed by atoms with Gasteiger partial charge in [-0.3, -0.25) is 4.79 Å². The van der Waals surface area contributed by atoms with Crippen molar-refractivity contribution in [1.82, 2.24) is 10.2 Å². The zero-order chi connectivity index (χ0) is 17.2. The Morgan fingerprint density at radius 1 is 1.35 bits per heavy atom. The van der Waals surface area contributed by atoms with Crippen molar-refractivity contribution >= 4 is 17.6 Å². The van der Waals surface area contributed by atoms with Gasteiger partial charge in [-0.1, -0.05) is 12.1 Å². The molecule has 1 rings (SSSR count). The number of esters is 1. The summed E-state index contributed by atoms with van der Waals surface area (Å²) in [5, 5.41) is 14.5. The number of nitriles is 1. The first-order valence-corrected chi connectivity index (χ1v) is 6.96. The Balaban J connectivity index is 2.80. The van der Waals surface area contributed by atoms with Gasteiger partial charge in [0, 0.05) is 19.3 Å². The molecule has 7 nitrogen and oxygen atoms in total. The van der Waals surface area contributed by atoms with E-state index in [-0.39, 0.29) is 11.1 Å². The first-order chi connectivity index (χ1) is 11.0. The highest BCUT2D eigenvalue weighted by Crippen LogP contribution is 2.16. The van der Waals surface area contributed by atoms with Crippen LogP contribution in [0.3, 0.4) is 0 Å². The summed E-state index contributed by atoms with van der Waals surface area (Å²) < 4.78 is 4.66. The van der Waals surface area contributed by atoms with Crippen molar-refractivity contribution in [2.24, 2.45) is 0 Å². The highest BCUT2D eigenvalue weighted by Gasteiger charge is 2.15. The molecule has 0 aliphatic rings. The maximum absolute atomic E-state index is 12.1. The molecule has 1 aromatic carbocycles. The van der Waals surface area contributed by atoms with Crippen molar-refractivity contribution in [3.8, 4) is 6.07 Å². The van der Waals surface area contributed by atoms with Crippen LogP contribution in [0.5, 0.6) is 0 Å². The molecule has 0 aliphatic carbocycles. The summed E-state index contributed by atoms with van der Waals surface area (Å²) in [7, 11) is 5.11. The van der Waals surface area contributed by atoms with Crippen molar-refractivity contribution in [2.45, 2.75) is 0 Å². The summed E-state index contributed by atoms with van der Waals surface area (Å²) in [5.74, 6) is -1.16. The molecule has 0 aromatic heterocycles. The topological polar surface area (TPSA) is 94.5 Å². The molecule has 1 aromatic rings. The number of hydrogen-bond acceptors (Lipinski definition) is 6. The Morgan fingerprint density at radius 3 is 2.65 bits per heavy atom. The molecule has 7 heteroatoms. The fraction of sp³-hybridized carbons (Fsp3) is 0.312. The minimum Gasteiger partial charge on any atom is -0.465 e. The van der Waals surface area contributed by atoms with Gasteiger partial charge in [0.15, 0.2) is 0 Å². The normalized spacial score (nSPS) is 10.8. The third-order valence-corrected chi connectivity index (χ3v) is 2.90. The highest BCUT2D eigenvalue weighted by atomic mass is 16.5. The summed E-state index contributed by atoms with van der Waals surface area (Å²) in [4.78, 5) is 25.8. The molecule has 0 heterocycles. The first kappa shape index (κ1) is 18.2. The van der Waals surface area contributed by atoms with Crippen molar-refractivity contribution in [3.63, 3.8) is 0 Å². The standard InChI is InChI=1S/C16H20N4O3/c1-20(2)9-8-18-11-12(10-17)15(21)19-14-7-5-4-6-13(14)16(22)23-3/h4-7,11,18H,8-9H2,1-3H3,(H,19,21)/b12-11-. The summed E-state index contributed by atoms with van der Waals surface area (Å²) in [5.41, 5.74) is 0.434. The molecule has 0 aliphatic heterocycles. The first-order valence-electron chi connectivity index (χ1n) is 6.96. The van der Waals surface area contributed by atoms with Gasteiger partial charge in [0.1, 0.15) is 11.6 Å². The van der Waals surface area contributed by atoms with Gasteiger partial charge in [0.05, 0.1) is 18.4 Å². The molecular formula is C16H20N4O3. The molecule has 0 fully saturated rings. The lowest BCUT2D eigenvalue weighted by Crippen LogP contribution is -2.25. The molecule has 23 heavy (non-hydrogen) atoms. The second kappa shape index (κ2) is 9.23. The lowest BCUT2D eigenvalue weighted by Gasteiger charge is -2.10. The van der Waals surface area contributed by atoms with E-state index < -0.39 is 11.9 Å².